The summed E-state index contributed by atoms with van der Waals surface area (Å²) in [5, 5.41) is 13.6. The van der Waals surface area contributed by atoms with Crippen molar-refractivity contribution in [3.63, 3.8) is 0 Å². The van der Waals surface area contributed by atoms with Gasteiger partial charge in [0.2, 0.25) is 0 Å². The number of carbonyl (C=O) groups excluding carboxylic acids is 2. The number of amides is 3. The van der Waals surface area contributed by atoms with Crippen molar-refractivity contribution in [2.45, 2.75) is 26.3 Å². The molecular weight excluding hydrogens is 242 g/mol. The highest BCUT2D eigenvalue weighted by molar-refractivity contribution is 5.75. The maximum atomic E-state index is 11.4. The van der Waals surface area contributed by atoms with Crippen molar-refractivity contribution in [3.05, 3.63) is 0 Å². The van der Waals surface area contributed by atoms with E-state index in [1.165, 1.54) is 0 Å². The van der Waals surface area contributed by atoms with E-state index in [1.807, 2.05) is 13.8 Å². The van der Waals surface area contributed by atoms with Crippen molar-refractivity contribution in [2.75, 3.05) is 13.2 Å². The van der Waals surface area contributed by atoms with E-state index in [0.717, 1.165) is 0 Å². The molecule has 0 aliphatic heterocycles. The van der Waals surface area contributed by atoms with Crippen LogP contribution in [-0.2, 0) is 9.53 Å². The zero-order chi connectivity index (χ0) is 14.1. The Hall–Kier alpha value is -1.99. The summed E-state index contributed by atoms with van der Waals surface area (Å²) in [6.45, 7) is 3.69. The van der Waals surface area contributed by atoms with Crippen LogP contribution >= 0.6 is 0 Å². The number of nitrogens with two attached hydrogens (primary N) is 1. The van der Waals surface area contributed by atoms with Crippen LogP contribution in [0.25, 0.3) is 0 Å². The number of carboxylic acids is 1. The van der Waals surface area contributed by atoms with Gasteiger partial charge in [0.1, 0.15) is 6.61 Å². The fourth-order valence-electron chi connectivity index (χ4n) is 1.18. The number of aliphatic carboxylic acids is 1. The van der Waals surface area contributed by atoms with E-state index in [-0.39, 0.29) is 25.5 Å². The van der Waals surface area contributed by atoms with E-state index in [9.17, 15) is 14.4 Å². The molecule has 0 saturated carbocycles. The number of hydrogen-bond donors (Lipinski definition) is 4. The summed E-state index contributed by atoms with van der Waals surface area (Å²) in [7, 11) is 0. The molecule has 104 valence electrons. The predicted molar refractivity (Wildman–Crippen MR) is 62.9 cm³/mol. The topological polar surface area (TPSA) is 131 Å². The fraction of sp³-hybridized carbons (Fsp3) is 0.700. The molecule has 3 amide bonds. The lowest BCUT2D eigenvalue weighted by Crippen LogP contribution is -2.46. The number of rotatable bonds is 7. The van der Waals surface area contributed by atoms with Crippen molar-refractivity contribution >= 4 is 18.1 Å². The van der Waals surface area contributed by atoms with Crippen LogP contribution in [0.2, 0.25) is 0 Å². The Bertz CT molecular complexity index is 306. The molecule has 8 heteroatoms. The summed E-state index contributed by atoms with van der Waals surface area (Å²) < 4.78 is 4.41. The Labute approximate surface area is 105 Å². The lowest BCUT2D eigenvalue weighted by atomic mass is 10.0. The Morgan fingerprint density at radius 2 is 1.94 bits per heavy atom. The number of ether oxygens (including phenoxy) is 1. The smallest absolute Gasteiger partial charge is 0.404 e. The van der Waals surface area contributed by atoms with Gasteiger partial charge in [-0.3, -0.25) is 4.79 Å². The number of urea groups is 1. The average molecular weight is 261 g/mol. The zero-order valence-corrected chi connectivity index (χ0v) is 10.4. The van der Waals surface area contributed by atoms with Gasteiger partial charge in [-0.05, 0) is 5.92 Å². The van der Waals surface area contributed by atoms with Crippen molar-refractivity contribution in [2.24, 2.45) is 11.7 Å². The van der Waals surface area contributed by atoms with E-state index >= 15 is 0 Å². The van der Waals surface area contributed by atoms with Crippen molar-refractivity contribution in [1.82, 2.24) is 10.6 Å². The number of nitrogens with one attached hydrogen (secondary N) is 2. The number of carbonyl (C=O) groups is 3. The van der Waals surface area contributed by atoms with Gasteiger partial charge in [-0.1, -0.05) is 13.8 Å². The summed E-state index contributed by atoms with van der Waals surface area (Å²) in [6.07, 6.45) is -1.06. The van der Waals surface area contributed by atoms with Crippen LogP contribution in [-0.4, -0.2) is 42.4 Å². The first-order valence-corrected chi connectivity index (χ1v) is 5.51. The molecule has 8 nitrogen and oxygen atoms in total. The minimum Gasteiger partial charge on any atom is -0.481 e. The Morgan fingerprint density at radius 1 is 1.33 bits per heavy atom. The van der Waals surface area contributed by atoms with E-state index in [1.54, 1.807) is 0 Å². The molecule has 5 N–H and O–H groups in total. The molecular formula is C10H19N3O5. The van der Waals surface area contributed by atoms with Gasteiger partial charge >= 0.3 is 18.1 Å². The van der Waals surface area contributed by atoms with Gasteiger partial charge in [-0.2, -0.15) is 0 Å². The highest BCUT2D eigenvalue weighted by atomic mass is 16.5. The molecule has 0 radical (unpaired) electrons. The van der Waals surface area contributed by atoms with Crippen molar-refractivity contribution in [1.29, 1.82) is 0 Å². The van der Waals surface area contributed by atoms with Gasteiger partial charge in [-0.25, -0.2) is 9.59 Å². The second-order valence-corrected chi connectivity index (χ2v) is 4.02. The van der Waals surface area contributed by atoms with Gasteiger partial charge in [0.15, 0.2) is 0 Å². The molecule has 0 saturated heterocycles. The molecule has 0 spiro atoms. The van der Waals surface area contributed by atoms with E-state index in [0.29, 0.717) is 0 Å². The summed E-state index contributed by atoms with van der Waals surface area (Å²) in [4.78, 5) is 32.2. The number of primary amides is 1. The van der Waals surface area contributed by atoms with Crippen LogP contribution in [0.1, 0.15) is 20.3 Å². The lowest BCUT2D eigenvalue weighted by Gasteiger charge is -2.20. The number of carboxylic acid groups (broad SMARTS) is 1. The van der Waals surface area contributed by atoms with E-state index in [2.05, 4.69) is 15.4 Å². The van der Waals surface area contributed by atoms with E-state index in [4.69, 9.17) is 10.8 Å². The Balaban J connectivity index is 3.95. The molecule has 0 aromatic carbocycles. The molecule has 0 fully saturated rings. The second-order valence-electron chi connectivity index (χ2n) is 4.02. The van der Waals surface area contributed by atoms with Crippen molar-refractivity contribution in [3.8, 4) is 0 Å². The average Bonchev–Trinajstić information content (AvgIpc) is 2.22. The van der Waals surface area contributed by atoms with Gasteiger partial charge < -0.3 is 26.2 Å². The van der Waals surface area contributed by atoms with Crippen molar-refractivity contribution < 1.29 is 24.2 Å². The molecule has 1 atom stereocenters. The molecule has 0 aliphatic carbocycles. The Kier molecular flexibility index (Phi) is 7.25. The van der Waals surface area contributed by atoms with Crippen LogP contribution < -0.4 is 16.4 Å². The molecule has 1 unspecified atom stereocenters. The standard InChI is InChI=1S/C10H19N3O5/c1-6(2)7(5-8(14)15)13-10(17)12-3-4-18-9(11)16/h6-7H,3-5H2,1-2H3,(H2,11,16)(H,14,15)(H2,12,13,17). The summed E-state index contributed by atoms with van der Waals surface area (Å²) in [5.41, 5.74) is 4.73. The highest BCUT2D eigenvalue weighted by Crippen LogP contribution is 2.05. The maximum absolute atomic E-state index is 11.4. The maximum Gasteiger partial charge on any atom is 0.404 e. The van der Waals surface area contributed by atoms with Gasteiger partial charge in [0, 0.05) is 6.04 Å². The fourth-order valence-corrected chi connectivity index (χ4v) is 1.18. The van der Waals surface area contributed by atoms with Gasteiger partial charge in [0.25, 0.3) is 0 Å². The quantitative estimate of drug-likeness (QED) is 0.474. The molecule has 0 aromatic heterocycles. The first-order valence-electron chi connectivity index (χ1n) is 5.51. The molecule has 0 aromatic rings. The number of hydrogen-bond acceptors (Lipinski definition) is 4. The third-order valence-electron chi connectivity index (χ3n) is 2.15. The summed E-state index contributed by atoms with van der Waals surface area (Å²) >= 11 is 0. The largest absolute Gasteiger partial charge is 0.481 e. The zero-order valence-electron chi connectivity index (χ0n) is 10.4. The van der Waals surface area contributed by atoms with Gasteiger partial charge in [-0.15, -0.1) is 0 Å². The van der Waals surface area contributed by atoms with E-state index < -0.39 is 24.1 Å². The first-order chi connectivity index (χ1) is 8.32. The lowest BCUT2D eigenvalue weighted by molar-refractivity contribution is -0.137. The van der Waals surface area contributed by atoms with Crippen LogP contribution in [0.5, 0.6) is 0 Å². The molecule has 0 bridgehead atoms. The van der Waals surface area contributed by atoms with Crippen LogP contribution in [0.4, 0.5) is 9.59 Å². The molecule has 0 heterocycles. The third-order valence-corrected chi connectivity index (χ3v) is 2.15. The normalized spacial score (nSPS) is 11.7. The SMILES string of the molecule is CC(C)C(CC(=O)O)NC(=O)NCCOC(N)=O. The molecule has 0 rings (SSSR count). The monoisotopic (exact) mass is 261 g/mol. The minimum absolute atomic E-state index is 0.00582. The third kappa shape index (κ3) is 8.20. The Morgan fingerprint density at radius 3 is 2.39 bits per heavy atom. The van der Waals surface area contributed by atoms with Crippen LogP contribution in [0.15, 0.2) is 0 Å². The second kappa shape index (κ2) is 8.15. The summed E-state index contributed by atoms with van der Waals surface area (Å²) in [6, 6.07) is -0.970. The summed E-state index contributed by atoms with van der Waals surface area (Å²) in [5.74, 6) is -0.986. The molecule has 0 aliphatic rings. The van der Waals surface area contributed by atoms with Crippen LogP contribution in [0.3, 0.4) is 0 Å². The minimum atomic E-state index is -0.980. The van der Waals surface area contributed by atoms with Crippen LogP contribution in [0, 0.1) is 5.92 Å². The first kappa shape index (κ1) is 16.0. The predicted octanol–water partition coefficient (Wildman–Crippen LogP) is -0.120. The molecule has 18 heavy (non-hydrogen) atoms. The van der Waals surface area contributed by atoms with Gasteiger partial charge in [0.05, 0.1) is 13.0 Å². The highest BCUT2D eigenvalue weighted by Gasteiger charge is 2.18.